The summed E-state index contributed by atoms with van der Waals surface area (Å²) in [7, 11) is 0. The van der Waals surface area contributed by atoms with Crippen molar-refractivity contribution in [2.45, 2.75) is 219 Å². The normalized spacial score (nSPS) is 12.7. The van der Waals surface area contributed by atoms with Crippen LogP contribution in [0.25, 0.3) is 0 Å². The van der Waals surface area contributed by atoms with Crippen molar-refractivity contribution in [3.63, 3.8) is 0 Å². The molecule has 0 spiro atoms. The van der Waals surface area contributed by atoms with Crippen molar-refractivity contribution in [2.75, 3.05) is 13.2 Å². The highest BCUT2D eigenvalue weighted by Gasteiger charge is 2.18. The topological polar surface area (TPSA) is 142 Å². The lowest BCUT2D eigenvalue weighted by Gasteiger charge is -2.15. The highest BCUT2D eigenvalue weighted by atomic mass is 16.5. The van der Waals surface area contributed by atoms with E-state index >= 15 is 0 Å². The Hall–Kier alpha value is -2.68. The van der Waals surface area contributed by atoms with Gasteiger partial charge < -0.3 is 25.6 Å². The minimum absolute atomic E-state index is 0.125. The highest BCUT2D eigenvalue weighted by Crippen LogP contribution is 2.16. The van der Waals surface area contributed by atoms with E-state index in [0.29, 0.717) is 12.8 Å². The van der Waals surface area contributed by atoms with Gasteiger partial charge in [-0.15, -0.1) is 0 Å². The maximum atomic E-state index is 12.7. The first-order valence-corrected chi connectivity index (χ1v) is 21.7. The number of allylic oxidation sites excluding steroid dienone is 3. The average molecular weight is 749 g/mol. The van der Waals surface area contributed by atoms with Crippen LogP contribution in [0.2, 0.25) is 0 Å². The Labute approximate surface area is 324 Å². The average Bonchev–Trinajstić information content (AvgIpc) is 3.14. The molecule has 0 rings (SSSR count). The van der Waals surface area contributed by atoms with Crippen LogP contribution in [0, 0.1) is 0 Å². The first-order valence-electron chi connectivity index (χ1n) is 21.7. The lowest BCUT2D eigenvalue weighted by molar-refractivity contribution is -0.147. The van der Waals surface area contributed by atoms with Crippen LogP contribution in [0.1, 0.15) is 206 Å². The Bertz CT molecular complexity index is 952. The molecule has 0 radical (unpaired) electrons. The summed E-state index contributed by atoms with van der Waals surface area (Å²) in [4.78, 5) is 47.4. The SMILES string of the molecule is CCCC/C=C\C/C=C\C(CCCCCCC(=O)NCC(=O)NC(CO)C(=O)O)OC(=O)CCCCCCCCCCCCCCCCCCCCC. The lowest BCUT2D eigenvalue weighted by Crippen LogP contribution is -2.47. The van der Waals surface area contributed by atoms with Crippen LogP contribution in [0.15, 0.2) is 24.3 Å². The van der Waals surface area contributed by atoms with Gasteiger partial charge in [0.25, 0.3) is 0 Å². The molecular weight excluding hydrogens is 668 g/mol. The van der Waals surface area contributed by atoms with E-state index in [0.717, 1.165) is 51.4 Å². The number of hydrogen-bond donors (Lipinski definition) is 4. The summed E-state index contributed by atoms with van der Waals surface area (Å²) in [5.74, 6) is -2.41. The second-order valence-electron chi connectivity index (χ2n) is 14.8. The molecule has 0 saturated carbocycles. The summed E-state index contributed by atoms with van der Waals surface area (Å²) in [5.41, 5.74) is 0. The zero-order valence-corrected chi connectivity index (χ0v) is 34.0. The monoisotopic (exact) mass is 749 g/mol. The number of carbonyl (C=O) groups is 4. The second-order valence-corrected chi connectivity index (χ2v) is 14.8. The maximum Gasteiger partial charge on any atom is 0.328 e. The Morgan fingerprint density at radius 3 is 1.58 bits per heavy atom. The third-order valence-electron chi connectivity index (χ3n) is 9.69. The molecule has 2 unspecified atom stereocenters. The number of esters is 1. The van der Waals surface area contributed by atoms with Gasteiger partial charge in [0.15, 0.2) is 0 Å². The molecule has 0 saturated heterocycles. The van der Waals surface area contributed by atoms with Gasteiger partial charge in [-0.2, -0.15) is 0 Å². The number of unbranched alkanes of at least 4 members (excludes halogenated alkanes) is 23. The predicted octanol–water partition coefficient (Wildman–Crippen LogP) is 10.4. The van der Waals surface area contributed by atoms with Crippen molar-refractivity contribution >= 4 is 23.8 Å². The number of amides is 2. The number of nitrogens with one attached hydrogen (secondary N) is 2. The van der Waals surface area contributed by atoms with E-state index in [4.69, 9.17) is 14.9 Å². The van der Waals surface area contributed by atoms with Gasteiger partial charge >= 0.3 is 11.9 Å². The smallest absolute Gasteiger partial charge is 0.328 e. The van der Waals surface area contributed by atoms with Gasteiger partial charge in [0.2, 0.25) is 11.8 Å². The first kappa shape index (κ1) is 50.3. The van der Waals surface area contributed by atoms with Gasteiger partial charge in [-0.05, 0) is 44.6 Å². The molecule has 53 heavy (non-hydrogen) atoms. The quantitative estimate of drug-likeness (QED) is 0.0278. The molecule has 0 aliphatic rings. The number of aliphatic carboxylic acids is 1. The van der Waals surface area contributed by atoms with Gasteiger partial charge in [0.05, 0.1) is 13.2 Å². The molecule has 0 heterocycles. The minimum Gasteiger partial charge on any atom is -0.480 e. The van der Waals surface area contributed by atoms with Crippen LogP contribution < -0.4 is 10.6 Å². The molecule has 0 aliphatic carbocycles. The van der Waals surface area contributed by atoms with E-state index in [9.17, 15) is 19.2 Å². The van der Waals surface area contributed by atoms with Gasteiger partial charge in [-0.3, -0.25) is 14.4 Å². The Morgan fingerprint density at radius 1 is 0.585 bits per heavy atom. The molecule has 0 bridgehead atoms. The van der Waals surface area contributed by atoms with Gasteiger partial charge in [0.1, 0.15) is 12.1 Å². The van der Waals surface area contributed by atoms with Crippen molar-refractivity contribution in [3.05, 3.63) is 24.3 Å². The molecule has 2 atom stereocenters. The molecule has 0 aliphatic heterocycles. The van der Waals surface area contributed by atoms with Crippen LogP contribution in [-0.4, -0.2) is 59.3 Å². The van der Waals surface area contributed by atoms with Gasteiger partial charge in [-0.1, -0.05) is 173 Å². The van der Waals surface area contributed by atoms with Crippen LogP contribution in [0.5, 0.6) is 0 Å². The van der Waals surface area contributed by atoms with Crippen LogP contribution in [0.4, 0.5) is 0 Å². The van der Waals surface area contributed by atoms with E-state index in [-0.39, 0.29) is 30.9 Å². The summed E-state index contributed by atoms with van der Waals surface area (Å²) in [5, 5.41) is 22.5. The molecule has 4 N–H and O–H groups in total. The Morgan fingerprint density at radius 2 is 1.08 bits per heavy atom. The van der Waals surface area contributed by atoms with Crippen molar-refractivity contribution in [3.8, 4) is 0 Å². The van der Waals surface area contributed by atoms with Crippen molar-refractivity contribution in [1.29, 1.82) is 0 Å². The van der Waals surface area contributed by atoms with Crippen LogP contribution in [0.3, 0.4) is 0 Å². The molecule has 2 amide bonds. The third-order valence-corrected chi connectivity index (χ3v) is 9.69. The molecule has 9 nitrogen and oxygen atoms in total. The number of rotatable bonds is 39. The van der Waals surface area contributed by atoms with Crippen molar-refractivity contribution < 1.29 is 34.1 Å². The summed E-state index contributed by atoms with van der Waals surface area (Å²) in [6.45, 7) is 3.40. The van der Waals surface area contributed by atoms with Crippen LogP contribution >= 0.6 is 0 Å². The fraction of sp³-hybridized carbons (Fsp3) is 0.818. The summed E-state index contributed by atoms with van der Waals surface area (Å²) in [6.07, 6.45) is 42.4. The van der Waals surface area contributed by atoms with Gasteiger partial charge in [-0.25, -0.2) is 4.79 Å². The van der Waals surface area contributed by atoms with Crippen molar-refractivity contribution in [2.24, 2.45) is 0 Å². The second kappa shape index (κ2) is 39.0. The molecule has 308 valence electrons. The largest absolute Gasteiger partial charge is 0.480 e. The molecule has 0 aromatic carbocycles. The highest BCUT2D eigenvalue weighted by molar-refractivity contribution is 5.87. The van der Waals surface area contributed by atoms with E-state index in [1.54, 1.807) is 0 Å². The zero-order valence-electron chi connectivity index (χ0n) is 34.0. The fourth-order valence-electron chi connectivity index (χ4n) is 6.30. The Balaban J connectivity index is 4.13. The number of carboxylic acid groups (broad SMARTS) is 1. The van der Waals surface area contributed by atoms with Gasteiger partial charge in [0, 0.05) is 12.8 Å². The molecule has 0 aromatic heterocycles. The fourth-order valence-corrected chi connectivity index (χ4v) is 6.30. The number of hydrogen-bond acceptors (Lipinski definition) is 6. The first-order chi connectivity index (χ1) is 25.8. The maximum absolute atomic E-state index is 12.7. The van der Waals surface area contributed by atoms with E-state index in [2.05, 4.69) is 42.7 Å². The number of carboxylic acids is 1. The number of aliphatic hydroxyl groups is 1. The Kier molecular flexibility index (Phi) is 37.1. The number of aliphatic hydroxyl groups excluding tert-OH is 1. The molecule has 0 fully saturated rings. The molecule has 9 heteroatoms. The molecular formula is C44H80N2O7. The number of ether oxygens (including phenoxy) is 1. The van der Waals surface area contributed by atoms with E-state index in [1.165, 1.54) is 122 Å². The third kappa shape index (κ3) is 36.1. The van der Waals surface area contributed by atoms with E-state index < -0.39 is 24.5 Å². The number of carbonyl (C=O) groups excluding carboxylic acids is 3. The standard InChI is InChI=1S/C44H80N2O7/c1-3-5-7-9-11-12-13-14-15-16-17-18-19-20-21-22-24-26-32-36-43(50)53-39(33-29-25-23-10-8-6-4-2)34-30-27-28-31-35-41(48)45-37-42(49)46-40(38-47)44(51)52/h10,23,29,33,39-40,47H,3-9,11-22,24-28,30-32,34-38H2,1-2H3,(H,45,48)(H,46,49)(H,51,52)/b23-10-,33-29-. The lowest BCUT2D eigenvalue weighted by atomic mass is 10.0. The van der Waals surface area contributed by atoms with Crippen molar-refractivity contribution in [1.82, 2.24) is 10.6 Å². The predicted molar refractivity (Wildman–Crippen MR) is 218 cm³/mol. The minimum atomic E-state index is -1.39. The van der Waals surface area contributed by atoms with E-state index in [1.807, 2.05) is 6.08 Å². The summed E-state index contributed by atoms with van der Waals surface area (Å²) in [6, 6.07) is -1.39. The summed E-state index contributed by atoms with van der Waals surface area (Å²) < 4.78 is 5.88. The summed E-state index contributed by atoms with van der Waals surface area (Å²) >= 11 is 0. The van der Waals surface area contributed by atoms with Crippen LogP contribution in [-0.2, 0) is 23.9 Å². The zero-order chi connectivity index (χ0) is 39.0. The molecule has 0 aromatic rings.